The number of fused-ring (bicyclic) bond motifs is 1. The maximum Gasteiger partial charge on any atom is 0.449 e. The number of nitro benzene ring substituents is 1. The molecule has 3 rings (SSSR count). The summed E-state index contributed by atoms with van der Waals surface area (Å²) in [4.78, 5) is 25.7. The van der Waals surface area contributed by atoms with Crippen LogP contribution in [-0.4, -0.2) is 20.4 Å². The molecule has 1 heterocycles. The second-order valence-corrected chi connectivity index (χ2v) is 5.36. The van der Waals surface area contributed by atoms with Gasteiger partial charge in [0.15, 0.2) is 0 Å². The molecule has 0 aliphatic carbocycles. The zero-order valence-corrected chi connectivity index (χ0v) is 13.0. The van der Waals surface area contributed by atoms with Gasteiger partial charge < -0.3 is 9.88 Å². The van der Waals surface area contributed by atoms with Crippen molar-refractivity contribution in [3.05, 3.63) is 64.5 Å². The highest BCUT2D eigenvalue weighted by atomic mass is 19.4. The molecule has 0 bridgehead atoms. The van der Waals surface area contributed by atoms with E-state index in [9.17, 15) is 28.1 Å². The minimum absolute atomic E-state index is 0.128. The lowest BCUT2D eigenvalue weighted by atomic mass is 10.3. The Balaban J connectivity index is 1.86. The molecule has 26 heavy (non-hydrogen) atoms. The quantitative estimate of drug-likeness (QED) is 0.566. The van der Waals surface area contributed by atoms with Gasteiger partial charge in [0.05, 0.1) is 16.0 Å². The summed E-state index contributed by atoms with van der Waals surface area (Å²) >= 11 is 0. The maximum atomic E-state index is 13.2. The van der Waals surface area contributed by atoms with Crippen molar-refractivity contribution in [2.75, 3.05) is 5.32 Å². The van der Waals surface area contributed by atoms with E-state index >= 15 is 0 Å². The second-order valence-electron chi connectivity index (χ2n) is 5.36. The number of alkyl halides is 3. The van der Waals surface area contributed by atoms with Crippen LogP contribution in [0.4, 0.5) is 24.5 Å². The van der Waals surface area contributed by atoms with Gasteiger partial charge in [-0.1, -0.05) is 12.1 Å². The first-order valence-electron chi connectivity index (χ1n) is 7.32. The molecule has 0 spiro atoms. The Hall–Kier alpha value is -3.43. The predicted molar refractivity (Wildman–Crippen MR) is 86.5 cm³/mol. The third-order valence-corrected chi connectivity index (χ3v) is 3.57. The molecule has 0 fully saturated rings. The molecule has 0 saturated carbocycles. The van der Waals surface area contributed by atoms with E-state index in [0.29, 0.717) is 0 Å². The lowest BCUT2D eigenvalue weighted by Gasteiger charge is -2.11. The molecule has 0 saturated heterocycles. The van der Waals surface area contributed by atoms with Crippen LogP contribution in [0.5, 0.6) is 0 Å². The van der Waals surface area contributed by atoms with Gasteiger partial charge in [0.1, 0.15) is 6.54 Å². The first-order chi connectivity index (χ1) is 12.3. The molecule has 7 nitrogen and oxygen atoms in total. The average Bonchev–Trinajstić information content (AvgIpc) is 2.94. The smallest absolute Gasteiger partial charge is 0.325 e. The summed E-state index contributed by atoms with van der Waals surface area (Å²) in [6.07, 6.45) is -4.72. The molecule has 0 radical (unpaired) electrons. The molecule has 1 amide bonds. The van der Waals surface area contributed by atoms with Crippen LogP contribution in [0, 0.1) is 10.1 Å². The third-order valence-electron chi connectivity index (χ3n) is 3.57. The van der Waals surface area contributed by atoms with Gasteiger partial charge in [0.25, 0.3) is 5.69 Å². The Morgan fingerprint density at radius 2 is 1.81 bits per heavy atom. The monoisotopic (exact) mass is 364 g/mol. The third kappa shape index (κ3) is 3.48. The number of nitro groups is 1. The molecule has 134 valence electrons. The van der Waals surface area contributed by atoms with Crippen LogP contribution >= 0.6 is 0 Å². The van der Waals surface area contributed by atoms with Crippen LogP contribution in [0.15, 0.2) is 48.5 Å². The summed E-state index contributed by atoms with van der Waals surface area (Å²) in [5.41, 5.74) is 0.378. The largest absolute Gasteiger partial charge is 0.449 e. The number of amides is 1. The molecule has 0 unspecified atom stereocenters. The van der Waals surface area contributed by atoms with Gasteiger partial charge in [-0.2, -0.15) is 13.2 Å². The van der Waals surface area contributed by atoms with E-state index in [0.717, 1.165) is 4.57 Å². The van der Waals surface area contributed by atoms with Gasteiger partial charge in [0.2, 0.25) is 11.7 Å². The fourth-order valence-electron chi connectivity index (χ4n) is 2.46. The zero-order valence-electron chi connectivity index (χ0n) is 13.0. The van der Waals surface area contributed by atoms with Crippen molar-refractivity contribution >= 4 is 28.3 Å². The maximum absolute atomic E-state index is 13.2. The number of aromatic nitrogens is 2. The molecular formula is C16H11F3N4O3. The van der Waals surface area contributed by atoms with Crippen LogP contribution in [0.25, 0.3) is 11.0 Å². The number of rotatable bonds is 4. The minimum Gasteiger partial charge on any atom is -0.325 e. The molecule has 0 atom stereocenters. The fraction of sp³-hybridized carbons (Fsp3) is 0.125. The fourth-order valence-corrected chi connectivity index (χ4v) is 2.46. The summed E-state index contributed by atoms with van der Waals surface area (Å²) in [6.45, 7) is -0.605. The molecule has 0 aliphatic rings. The normalized spacial score (nSPS) is 11.5. The van der Waals surface area contributed by atoms with Crippen molar-refractivity contribution in [1.29, 1.82) is 0 Å². The number of nitrogens with one attached hydrogen (secondary N) is 1. The SMILES string of the molecule is O=C(Cn1c(C(F)(F)F)nc2ccccc21)Nc1ccc([N+](=O)[O-])cc1. The molecule has 1 aromatic heterocycles. The number of non-ortho nitro benzene ring substituents is 1. The summed E-state index contributed by atoms with van der Waals surface area (Å²) in [7, 11) is 0. The number of hydrogen-bond acceptors (Lipinski definition) is 4. The molecule has 3 aromatic rings. The van der Waals surface area contributed by atoms with E-state index in [2.05, 4.69) is 10.3 Å². The van der Waals surface area contributed by atoms with Gasteiger partial charge in [-0.05, 0) is 24.3 Å². The summed E-state index contributed by atoms with van der Waals surface area (Å²) in [5.74, 6) is -1.88. The van der Waals surface area contributed by atoms with Gasteiger partial charge in [-0.25, -0.2) is 4.98 Å². The van der Waals surface area contributed by atoms with Crippen molar-refractivity contribution in [1.82, 2.24) is 9.55 Å². The Morgan fingerprint density at radius 3 is 2.42 bits per heavy atom. The number of benzene rings is 2. The van der Waals surface area contributed by atoms with Gasteiger partial charge in [-0.3, -0.25) is 14.9 Å². The second kappa shape index (κ2) is 6.47. The number of anilines is 1. The number of nitrogens with zero attached hydrogens (tertiary/aromatic N) is 3. The van der Waals surface area contributed by atoms with Crippen LogP contribution in [0.2, 0.25) is 0 Å². The van der Waals surface area contributed by atoms with Crippen molar-refractivity contribution in [3.8, 4) is 0 Å². The number of carbonyl (C=O) groups excluding carboxylic acids is 1. The zero-order chi connectivity index (χ0) is 18.9. The standard InChI is InChI=1S/C16H11F3N4O3/c17-16(18,19)15-21-12-3-1-2-4-13(12)22(15)9-14(24)20-10-5-7-11(8-6-10)23(25)26/h1-8H,9H2,(H,20,24). The molecule has 10 heteroatoms. The summed E-state index contributed by atoms with van der Waals surface area (Å²) in [6, 6.07) is 10.9. The van der Waals surface area contributed by atoms with E-state index in [1.54, 1.807) is 12.1 Å². The number of para-hydroxylation sites is 2. The van der Waals surface area contributed by atoms with Crippen LogP contribution in [0.3, 0.4) is 0 Å². The van der Waals surface area contributed by atoms with Crippen LogP contribution in [0.1, 0.15) is 5.82 Å². The van der Waals surface area contributed by atoms with Crippen LogP contribution in [-0.2, 0) is 17.5 Å². The predicted octanol–water partition coefficient (Wildman–Crippen LogP) is 3.60. The number of halogens is 3. The first kappa shape index (κ1) is 17.4. The highest BCUT2D eigenvalue weighted by molar-refractivity contribution is 5.91. The highest BCUT2D eigenvalue weighted by Gasteiger charge is 2.38. The molecular weight excluding hydrogens is 353 g/mol. The number of hydrogen-bond donors (Lipinski definition) is 1. The molecule has 1 N–H and O–H groups in total. The van der Waals surface area contributed by atoms with Gasteiger partial charge in [0, 0.05) is 17.8 Å². The first-order valence-corrected chi connectivity index (χ1v) is 7.32. The minimum atomic E-state index is -4.72. The Morgan fingerprint density at radius 1 is 1.15 bits per heavy atom. The van der Waals surface area contributed by atoms with Crippen molar-refractivity contribution in [2.45, 2.75) is 12.7 Å². The lowest BCUT2D eigenvalue weighted by Crippen LogP contribution is -2.23. The number of carbonyl (C=O) groups is 1. The Bertz CT molecular complexity index is 981. The topological polar surface area (TPSA) is 90.1 Å². The lowest BCUT2D eigenvalue weighted by molar-refractivity contribution is -0.384. The van der Waals surface area contributed by atoms with E-state index in [1.807, 2.05) is 0 Å². The van der Waals surface area contributed by atoms with Crippen molar-refractivity contribution < 1.29 is 22.9 Å². The van der Waals surface area contributed by atoms with E-state index in [1.165, 1.54) is 36.4 Å². The highest BCUT2D eigenvalue weighted by Crippen LogP contribution is 2.31. The molecule has 0 aliphatic heterocycles. The van der Waals surface area contributed by atoms with E-state index in [4.69, 9.17) is 0 Å². The summed E-state index contributed by atoms with van der Waals surface area (Å²) < 4.78 is 40.4. The van der Waals surface area contributed by atoms with Crippen molar-refractivity contribution in [2.24, 2.45) is 0 Å². The number of imidazole rings is 1. The Kier molecular flexibility index (Phi) is 4.33. The molecule has 2 aromatic carbocycles. The summed E-state index contributed by atoms with van der Waals surface area (Å²) in [5, 5.41) is 13.0. The van der Waals surface area contributed by atoms with Crippen LogP contribution < -0.4 is 5.32 Å². The van der Waals surface area contributed by atoms with Crippen molar-refractivity contribution in [3.63, 3.8) is 0 Å². The van der Waals surface area contributed by atoms with Gasteiger partial charge in [-0.15, -0.1) is 0 Å². The van der Waals surface area contributed by atoms with E-state index < -0.39 is 29.4 Å². The Labute approximate surface area is 144 Å². The van der Waals surface area contributed by atoms with Gasteiger partial charge >= 0.3 is 6.18 Å². The van der Waals surface area contributed by atoms with E-state index in [-0.39, 0.29) is 22.4 Å². The average molecular weight is 364 g/mol.